The molecule has 0 bridgehead atoms. The molecule has 0 saturated carbocycles. The second-order valence-corrected chi connectivity index (χ2v) is 3.09. The topological polar surface area (TPSA) is 61.8 Å². The molecular formula is C10H14O5. The molecule has 1 unspecified atom stereocenters. The van der Waals surface area contributed by atoms with Crippen LogP contribution >= 0.6 is 0 Å². The number of carbonyl (C=O) groups is 2. The van der Waals surface area contributed by atoms with Crippen LogP contribution in [-0.2, 0) is 23.8 Å². The fourth-order valence-electron chi connectivity index (χ4n) is 1.31. The molecule has 0 saturated heterocycles. The standard InChI is InChI=1S/C10H14O5/c1-3-13-10-4-9(15-7(2)12)8(5-11)6-14-10/h5-6,9-10H,3-4H2,1-2H3/t9-,10?/m0/s1. The lowest BCUT2D eigenvalue weighted by Gasteiger charge is -2.27. The highest BCUT2D eigenvalue weighted by molar-refractivity contribution is 5.76. The first-order valence-corrected chi connectivity index (χ1v) is 4.77. The summed E-state index contributed by atoms with van der Waals surface area (Å²) in [7, 11) is 0. The summed E-state index contributed by atoms with van der Waals surface area (Å²) in [4.78, 5) is 21.4. The van der Waals surface area contributed by atoms with Crippen molar-refractivity contribution in [2.75, 3.05) is 6.61 Å². The smallest absolute Gasteiger partial charge is 0.303 e. The summed E-state index contributed by atoms with van der Waals surface area (Å²) in [6.45, 7) is 3.64. The molecular weight excluding hydrogens is 200 g/mol. The van der Waals surface area contributed by atoms with Crippen LogP contribution in [0.1, 0.15) is 20.3 Å². The molecule has 5 nitrogen and oxygen atoms in total. The van der Waals surface area contributed by atoms with Crippen LogP contribution in [0, 0.1) is 0 Å². The third-order valence-electron chi connectivity index (χ3n) is 1.93. The Labute approximate surface area is 88.0 Å². The first kappa shape index (κ1) is 11.7. The molecule has 0 aromatic rings. The second-order valence-electron chi connectivity index (χ2n) is 3.09. The Balaban J connectivity index is 2.64. The van der Waals surface area contributed by atoms with Crippen molar-refractivity contribution in [1.82, 2.24) is 0 Å². The third-order valence-corrected chi connectivity index (χ3v) is 1.93. The van der Waals surface area contributed by atoms with Crippen LogP contribution in [0.25, 0.3) is 0 Å². The Bertz CT molecular complexity index is 271. The molecule has 0 aromatic carbocycles. The van der Waals surface area contributed by atoms with Crippen LogP contribution in [-0.4, -0.2) is 31.3 Å². The Hall–Kier alpha value is -1.36. The zero-order valence-electron chi connectivity index (χ0n) is 8.76. The SMILES string of the molecule is CCOC1C[C@H](OC(C)=O)C(C=O)=CO1. The van der Waals surface area contributed by atoms with Gasteiger partial charge in [0, 0.05) is 13.5 Å². The molecule has 0 spiro atoms. The van der Waals surface area contributed by atoms with Gasteiger partial charge < -0.3 is 14.2 Å². The van der Waals surface area contributed by atoms with E-state index in [9.17, 15) is 9.59 Å². The van der Waals surface area contributed by atoms with Gasteiger partial charge in [0.2, 0.25) is 6.29 Å². The van der Waals surface area contributed by atoms with Gasteiger partial charge in [-0.2, -0.15) is 0 Å². The average Bonchev–Trinajstić information content (AvgIpc) is 2.18. The normalized spacial score (nSPS) is 25.1. The van der Waals surface area contributed by atoms with Crippen LogP contribution in [0.15, 0.2) is 11.8 Å². The molecule has 0 fully saturated rings. The summed E-state index contributed by atoms with van der Waals surface area (Å²) in [5.74, 6) is -0.426. The van der Waals surface area contributed by atoms with Gasteiger partial charge in [-0.3, -0.25) is 9.59 Å². The van der Waals surface area contributed by atoms with Crippen molar-refractivity contribution in [3.63, 3.8) is 0 Å². The minimum Gasteiger partial charge on any atom is -0.472 e. The van der Waals surface area contributed by atoms with Crippen molar-refractivity contribution in [2.45, 2.75) is 32.7 Å². The second kappa shape index (κ2) is 5.50. The van der Waals surface area contributed by atoms with Gasteiger partial charge >= 0.3 is 5.97 Å². The Morgan fingerprint density at radius 2 is 2.47 bits per heavy atom. The quantitative estimate of drug-likeness (QED) is 0.511. The number of esters is 1. The van der Waals surface area contributed by atoms with Crippen LogP contribution in [0.5, 0.6) is 0 Å². The molecule has 2 atom stereocenters. The zero-order valence-corrected chi connectivity index (χ0v) is 8.76. The van der Waals surface area contributed by atoms with Crippen LogP contribution in [0.3, 0.4) is 0 Å². The van der Waals surface area contributed by atoms with E-state index in [1.807, 2.05) is 6.92 Å². The van der Waals surface area contributed by atoms with Crippen LogP contribution in [0.4, 0.5) is 0 Å². The fraction of sp³-hybridized carbons (Fsp3) is 0.600. The van der Waals surface area contributed by atoms with Gasteiger partial charge in [0.05, 0.1) is 18.3 Å². The van der Waals surface area contributed by atoms with E-state index in [2.05, 4.69) is 0 Å². The van der Waals surface area contributed by atoms with Gasteiger partial charge in [-0.05, 0) is 6.92 Å². The summed E-state index contributed by atoms with van der Waals surface area (Å²) >= 11 is 0. The van der Waals surface area contributed by atoms with Crippen molar-refractivity contribution in [2.24, 2.45) is 0 Å². The lowest BCUT2D eigenvalue weighted by atomic mass is 10.1. The van der Waals surface area contributed by atoms with Gasteiger partial charge in [0.15, 0.2) is 6.29 Å². The lowest BCUT2D eigenvalue weighted by Crippen LogP contribution is -2.32. The maximum Gasteiger partial charge on any atom is 0.303 e. The maximum atomic E-state index is 10.8. The van der Waals surface area contributed by atoms with Crippen molar-refractivity contribution in [1.29, 1.82) is 0 Å². The van der Waals surface area contributed by atoms with Crippen LogP contribution in [0.2, 0.25) is 0 Å². The summed E-state index contributed by atoms with van der Waals surface area (Å²) in [5.41, 5.74) is 0.321. The zero-order chi connectivity index (χ0) is 11.3. The highest BCUT2D eigenvalue weighted by Gasteiger charge is 2.27. The Morgan fingerprint density at radius 1 is 1.73 bits per heavy atom. The molecule has 0 N–H and O–H groups in total. The number of carbonyl (C=O) groups excluding carboxylic acids is 2. The Morgan fingerprint density at radius 3 is 3.00 bits per heavy atom. The number of rotatable bonds is 4. The molecule has 0 radical (unpaired) electrons. The summed E-state index contributed by atoms with van der Waals surface area (Å²) in [6, 6.07) is 0. The average molecular weight is 214 g/mol. The summed E-state index contributed by atoms with van der Waals surface area (Å²) in [6.07, 6.45) is 1.23. The van der Waals surface area contributed by atoms with E-state index in [0.717, 1.165) is 0 Å². The molecule has 0 aliphatic carbocycles. The van der Waals surface area contributed by atoms with E-state index < -0.39 is 18.4 Å². The highest BCUT2D eigenvalue weighted by atomic mass is 16.7. The van der Waals surface area contributed by atoms with E-state index in [0.29, 0.717) is 24.9 Å². The van der Waals surface area contributed by atoms with Crippen molar-refractivity contribution in [3.8, 4) is 0 Å². The number of hydrogen-bond donors (Lipinski definition) is 0. The van der Waals surface area contributed by atoms with E-state index in [-0.39, 0.29) is 0 Å². The third kappa shape index (κ3) is 3.36. The first-order valence-electron chi connectivity index (χ1n) is 4.77. The molecule has 1 aliphatic rings. The van der Waals surface area contributed by atoms with Gasteiger partial charge in [-0.25, -0.2) is 0 Å². The molecule has 1 aliphatic heterocycles. The van der Waals surface area contributed by atoms with E-state index in [1.54, 1.807) is 0 Å². The minimum absolute atomic E-state index is 0.321. The van der Waals surface area contributed by atoms with Gasteiger partial charge in [0.1, 0.15) is 6.10 Å². The van der Waals surface area contributed by atoms with E-state index in [1.165, 1.54) is 13.2 Å². The fourth-order valence-corrected chi connectivity index (χ4v) is 1.31. The van der Waals surface area contributed by atoms with Crippen LogP contribution < -0.4 is 0 Å². The minimum atomic E-state index is -0.565. The monoisotopic (exact) mass is 214 g/mol. The summed E-state index contributed by atoms with van der Waals surface area (Å²) < 4.78 is 15.3. The van der Waals surface area contributed by atoms with Gasteiger partial charge in [-0.1, -0.05) is 0 Å². The van der Waals surface area contributed by atoms with E-state index in [4.69, 9.17) is 14.2 Å². The Kier molecular flexibility index (Phi) is 4.30. The predicted octanol–water partition coefficient (Wildman–Crippen LogP) is 0.784. The number of ether oxygens (including phenoxy) is 3. The molecule has 0 aromatic heterocycles. The predicted molar refractivity (Wildman–Crippen MR) is 50.8 cm³/mol. The van der Waals surface area contributed by atoms with Gasteiger partial charge in [0.25, 0.3) is 0 Å². The van der Waals surface area contributed by atoms with Crippen molar-refractivity contribution < 1.29 is 23.8 Å². The summed E-state index contributed by atoms with van der Waals surface area (Å²) in [5, 5.41) is 0. The molecule has 84 valence electrons. The van der Waals surface area contributed by atoms with Crippen molar-refractivity contribution >= 4 is 12.3 Å². The molecule has 0 amide bonds. The largest absolute Gasteiger partial charge is 0.472 e. The van der Waals surface area contributed by atoms with E-state index >= 15 is 0 Å². The molecule has 15 heavy (non-hydrogen) atoms. The number of aldehydes is 1. The molecule has 5 heteroatoms. The van der Waals surface area contributed by atoms with Crippen molar-refractivity contribution in [3.05, 3.63) is 11.8 Å². The lowest BCUT2D eigenvalue weighted by molar-refractivity contribution is -0.159. The molecule has 1 heterocycles. The maximum absolute atomic E-state index is 10.8. The first-order chi connectivity index (χ1) is 7.17. The molecule has 1 rings (SSSR count). The highest BCUT2D eigenvalue weighted by Crippen LogP contribution is 2.20. The van der Waals surface area contributed by atoms with Gasteiger partial charge in [-0.15, -0.1) is 0 Å². The number of hydrogen-bond acceptors (Lipinski definition) is 5.